The summed E-state index contributed by atoms with van der Waals surface area (Å²) in [5.41, 5.74) is 0.719. The zero-order valence-electron chi connectivity index (χ0n) is 8.97. The number of fused-ring (bicyclic) bond motifs is 1. The number of hydrogen-bond acceptors (Lipinski definition) is 4. The number of rotatable bonds is 3. The van der Waals surface area contributed by atoms with Crippen LogP contribution in [0.25, 0.3) is 10.2 Å². The van der Waals surface area contributed by atoms with Gasteiger partial charge in [0.2, 0.25) is 4.34 Å². The molecule has 4 nitrogen and oxygen atoms in total. The largest absolute Gasteiger partial charge is 0.268 e. The number of thiazole rings is 1. The molecule has 0 spiro atoms. The van der Waals surface area contributed by atoms with Gasteiger partial charge < -0.3 is 0 Å². The minimum Gasteiger partial charge on any atom is -0.224 e. The Balaban J connectivity index is 2.48. The van der Waals surface area contributed by atoms with Crippen LogP contribution in [0.2, 0.25) is 0 Å². The maximum atomic E-state index is 11.8. The van der Waals surface area contributed by atoms with E-state index < -0.39 is 10.0 Å². The molecule has 86 valence electrons. The summed E-state index contributed by atoms with van der Waals surface area (Å²) >= 11 is 1.18. The molecule has 1 aromatic heterocycles. The van der Waals surface area contributed by atoms with Crippen molar-refractivity contribution in [2.24, 2.45) is 0 Å². The van der Waals surface area contributed by atoms with Crippen LogP contribution in [0, 0.1) is 0 Å². The highest BCUT2D eigenvalue weighted by atomic mass is 32.2. The smallest absolute Gasteiger partial charge is 0.224 e. The molecule has 16 heavy (non-hydrogen) atoms. The maximum absolute atomic E-state index is 11.8. The second kappa shape index (κ2) is 4.12. The van der Waals surface area contributed by atoms with Gasteiger partial charge in [0, 0.05) is 6.04 Å². The molecule has 0 amide bonds. The van der Waals surface area contributed by atoms with E-state index in [1.54, 1.807) is 19.9 Å². The van der Waals surface area contributed by atoms with Crippen LogP contribution in [0.1, 0.15) is 13.8 Å². The molecule has 1 aromatic carbocycles. The first-order chi connectivity index (χ1) is 7.49. The summed E-state index contributed by atoms with van der Waals surface area (Å²) in [6, 6.07) is 7.25. The third kappa shape index (κ3) is 2.23. The van der Waals surface area contributed by atoms with Gasteiger partial charge in [0.15, 0.2) is 0 Å². The van der Waals surface area contributed by atoms with Crippen LogP contribution in [0.3, 0.4) is 0 Å². The molecule has 6 heteroatoms. The van der Waals surface area contributed by atoms with Gasteiger partial charge >= 0.3 is 0 Å². The van der Waals surface area contributed by atoms with Crippen LogP contribution in [-0.4, -0.2) is 19.4 Å². The number of nitrogens with one attached hydrogen (secondary N) is 1. The van der Waals surface area contributed by atoms with Crippen molar-refractivity contribution in [3.8, 4) is 0 Å². The second-order valence-corrected chi connectivity index (χ2v) is 6.64. The fourth-order valence-corrected chi connectivity index (χ4v) is 3.82. The third-order valence-electron chi connectivity index (χ3n) is 1.90. The Kier molecular flexibility index (Phi) is 2.96. The van der Waals surface area contributed by atoms with Crippen molar-refractivity contribution in [1.82, 2.24) is 9.71 Å². The zero-order valence-corrected chi connectivity index (χ0v) is 10.6. The quantitative estimate of drug-likeness (QED) is 0.913. The van der Waals surface area contributed by atoms with E-state index in [1.807, 2.05) is 18.2 Å². The van der Waals surface area contributed by atoms with Crippen LogP contribution in [0.15, 0.2) is 28.6 Å². The summed E-state index contributed by atoms with van der Waals surface area (Å²) in [4.78, 5) is 4.11. The first-order valence-corrected chi connectivity index (χ1v) is 7.17. The Hall–Kier alpha value is -0.980. The van der Waals surface area contributed by atoms with E-state index in [4.69, 9.17) is 0 Å². The molecule has 0 atom stereocenters. The molecule has 0 fully saturated rings. The standard InChI is InChI=1S/C10H12N2O2S2/c1-7(2)12-16(13,14)10-11-8-5-3-4-6-9(8)15-10/h3-7,12H,1-2H3. The van der Waals surface area contributed by atoms with E-state index in [2.05, 4.69) is 9.71 Å². The van der Waals surface area contributed by atoms with Crippen LogP contribution in [-0.2, 0) is 10.0 Å². The van der Waals surface area contributed by atoms with E-state index >= 15 is 0 Å². The summed E-state index contributed by atoms with van der Waals surface area (Å²) in [7, 11) is -3.46. The topological polar surface area (TPSA) is 59.1 Å². The molecular formula is C10H12N2O2S2. The van der Waals surface area contributed by atoms with E-state index in [9.17, 15) is 8.42 Å². The van der Waals surface area contributed by atoms with Crippen LogP contribution in [0.5, 0.6) is 0 Å². The molecule has 0 bridgehead atoms. The Morgan fingerprint density at radius 2 is 2.00 bits per heavy atom. The SMILES string of the molecule is CC(C)NS(=O)(=O)c1nc2ccccc2s1. The van der Waals surface area contributed by atoms with E-state index in [0.717, 1.165) is 10.2 Å². The highest BCUT2D eigenvalue weighted by Crippen LogP contribution is 2.24. The van der Waals surface area contributed by atoms with Crippen LogP contribution in [0.4, 0.5) is 0 Å². The number of hydrogen-bond donors (Lipinski definition) is 1. The first kappa shape index (κ1) is 11.5. The highest BCUT2D eigenvalue weighted by Gasteiger charge is 2.19. The number of benzene rings is 1. The molecule has 0 radical (unpaired) electrons. The Morgan fingerprint density at radius 1 is 1.31 bits per heavy atom. The van der Waals surface area contributed by atoms with E-state index in [0.29, 0.717) is 0 Å². The van der Waals surface area contributed by atoms with E-state index in [1.165, 1.54) is 11.3 Å². The highest BCUT2D eigenvalue weighted by molar-refractivity contribution is 7.91. The lowest BCUT2D eigenvalue weighted by Crippen LogP contribution is -2.30. The predicted octanol–water partition coefficient (Wildman–Crippen LogP) is 1.98. The minimum atomic E-state index is -3.46. The molecule has 1 heterocycles. The van der Waals surface area contributed by atoms with Gasteiger partial charge in [0.1, 0.15) is 0 Å². The van der Waals surface area contributed by atoms with Crippen molar-refractivity contribution >= 4 is 31.6 Å². The van der Waals surface area contributed by atoms with Crippen LogP contribution >= 0.6 is 11.3 Å². The molecule has 0 aliphatic rings. The lowest BCUT2D eigenvalue weighted by atomic mass is 10.3. The third-order valence-corrected chi connectivity index (χ3v) is 4.97. The van der Waals surface area contributed by atoms with Gasteiger partial charge in [-0.15, -0.1) is 11.3 Å². The van der Waals surface area contributed by atoms with Gasteiger partial charge in [-0.1, -0.05) is 12.1 Å². The van der Waals surface area contributed by atoms with Gasteiger partial charge in [0.25, 0.3) is 10.0 Å². The van der Waals surface area contributed by atoms with E-state index in [-0.39, 0.29) is 10.4 Å². The Bertz CT molecular complexity index is 569. The molecule has 0 unspecified atom stereocenters. The minimum absolute atomic E-state index is 0.127. The second-order valence-electron chi connectivity index (χ2n) is 3.72. The van der Waals surface area contributed by atoms with Gasteiger partial charge in [0.05, 0.1) is 10.2 Å². The molecule has 0 aliphatic carbocycles. The van der Waals surface area contributed by atoms with Crippen LogP contribution < -0.4 is 4.72 Å². The summed E-state index contributed by atoms with van der Waals surface area (Å²) in [6.45, 7) is 3.57. The first-order valence-electron chi connectivity index (χ1n) is 4.87. The van der Waals surface area contributed by atoms with Crippen molar-refractivity contribution in [3.63, 3.8) is 0 Å². The summed E-state index contributed by atoms with van der Waals surface area (Å²) < 4.78 is 27.2. The van der Waals surface area contributed by atoms with Crippen molar-refractivity contribution in [1.29, 1.82) is 0 Å². The number of sulfonamides is 1. The molecule has 0 saturated carbocycles. The van der Waals surface area contributed by atoms with Gasteiger partial charge in [-0.2, -0.15) is 0 Å². The summed E-state index contributed by atoms with van der Waals surface area (Å²) in [6.07, 6.45) is 0. The van der Waals surface area contributed by atoms with Crippen molar-refractivity contribution in [2.45, 2.75) is 24.2 Å². The molecule has 2 rings (SSSR count). The normalized spacial score (nSPS) is 12.4. The number of nitrogens with zero attached hydrogens (tertiary/aromatic N) is 1. The maximum Gasteiger partial charge on any atom is 0.268 e. The summed E-state index contributed by atoms with van der Waals surface area (Å²) in [5, 5.41) is 0. The van der Waals surface area contributed by atoms with Gasteiger partial charge in [-0.05, 0) is 26.0 Å². The Labute approximate surface area is 98.4 Å². The zero-order chi connectivity index (χ0) is 11.8. The van der Waals surface area contributed by atoms with Crippen molar-refractivity contribution < 1.29 is 8.42 Å². The van der Waals surface area contributed by atoms with Crippen molar-refractivity contribution in [2.75, 3.05) is 0 Å². The Morgan fingerprint density at radius 3 is 2.62 bits per heavy atom. The summed E-state index contributed by atoms with van der Waals surface area (Å²) in [5.74, 6) is 0. The lowest BCUT2D eigenvalue weighted by Gasteiger charge is -2.05. The molecule has 0 saturated heterocycles. The van der Waals surface area contributed by atoms with Crippen molar-refractivity contribution in [3.05, 3.63) is 24.3 Å². The molecular weight excluding hydrogens is 244 g/mol. The van der Waals surface area contributed by atoms with Gasteiger partial charge in [-0.25, -0.2) is 18.1 Å². The number of para-hydroxylation sites is 1. The fourth-order valence-electron chi connectivity index (χ4n) is 1.33. The number of aromatic nitrogens is 1. The predicted molar refractivity (Wildman–Crippen MR) is 65.1 cm³/mol. The lowest BCUT2D eigenvalue weighted by molar-refractivity contribution is 0.569. The monoisotopic (exact) mass is 256 g/mol. The average molecular weight is 256 g/mol. The fraction of sp³-hybridized carbons (Fsp3) is 0.300. The molecule has 0 aliphatic heterocycles. The van der Waals surface area contributed by atoms with Gasteiger partial charge in [-0.3, -0.25) is 0 Å². The average Bonchev–Trinajstić information content (AvgIpc) is 2.59. The molecule has 2 aromatic rings. The molecule has 1 N–H and O–H groups in total.